The molecule has 0 saturated carbocycles. The number of likely N-dealkylation sites (tertiary alicyclic amines) is 1. The van der Waals surface area contributed by atoms with E-state index in [0.717, 1.165) is 17.5 Å². The molecule has 0 unspecified atom stereocenters. The Hall–Kier alpha value is -4.91. The van der Waals surface area contributed by atoms with Gasteiger partial charge in [0.05, 0.1) is 29.4 Å². The van der Waals surface area contributed by atoms with Crippen molar-refractivity contribution in [3.8, 4) is 0 Å². The maximum Gasteiger partial charge on any atom is 0.329 e. The number of anilines is 2. The van der Waals surface area contributed by atoms with E-state index < -0.39 is 24.0 Å². The van der Waals surface area contributed by atoms with Crippen LogP contribution in [-0.2, 0) is 9.59 Å². The first-order valence-corrected chi connectivity index (χ1v) is 14.4. The summed E-state index contributed by atoms with van der Waals surface area (Å²) >= 11 is 0. The Kier molecular flexibility index (Phi) is 7.73. The molecule has 0 aliphatic carbocycles. The normalized spacial score (nSPS) is 19.8. The molecule has 2 bridgehead atoms. The molecule has 4 aromatic rings. The van der Waals surface area contributed by atoms with Gasteiger partial charge in [-0.3, -0.25) is 9.69 Å². The fourth-order valence-corrected chi connectivity index (χ4v) is 6.55. The molecular formula is C35H33N3O4. The lowest BCUT2D eigenvalue weighted by Gasteiger charge is -2.54. The molecule has 0 spiro atoms. The van der Waals surface area contributed by atoms with Crippen molar-refractivity contribution in [2.45, 2.75) is 43.3 Å². The number of piperazine rings is 1. The fourth-order valence-electron chi connectivity index (χ4n) is 6.55. The molecule has 2 heterocycles. The van der Waals surface area contributed by atoms with E-state index in [1.165, 1.54) is 4.90 Å². The third-order valence-corrected chi connectivity index (χ3v) is 8.39. The molecule has 0 aromatic heterocycles. The van der Waals surface area contributed by atoms with Crippen LogP contribution in [0.25, 0.3) is 0 Å². The summed E-state index contributed by atoms with van der Waals surface area (Å²) in [7, 11) is 0. The van der Waals surface area contributed by atoms with Crippen molar-refractivity contribution in [3.63, 3.8) is 0 Å². The molecule has 2 aliphatic heterocycles. The summed E-state index contributed by atoms with van der Waals surface area (Å²) in [4.78, 5) is 46.9. The molecule has 2 saturated heterocycles. The second-order valence-electron chi connectivity index (χ2n) is 10.9. The predicted molar refractivity (Wildman–Crippen MR) is 162 cm³/mol. The Morgan fingerprint density at radius 2 is 1.17 bits per heavy atom. The first-order chi connectivity index (χ1) is 20.5. The van der Waals surface area contributed by atoms with Gasteiger partial charge in [0.1, 0.15) is 6.04 Å². The van der Waals surface area contributed by atoms with Gasteiger partial charge in [-0.25, -0.2) is 9.59 Å². The van der Waals surface area contributed by atoms with Crippen LogP contribution in [0.15, 0.2) is 121 Å². The Morgan fingerprint density at radius 1 is 0.690 bits per heavy atom. The van der Waals surface area contributed by atoms with E-state index in [1.807, 2.05) is 121 Å². The molecule has 42 heavy (non-hydrogen) atoms. The molecule has 3 amide bonds. The highest BCUT2D eigenvalue weighted by Crippen LogP contribution is 2.39. The second-order valence-corrected chi connectivity index (χ2v) is 10.9. The molecular weight excluding hydrogens is 526 g/mol. The van der Waals surface area contributed by atoms with Gasteiger partial charge in [-0.15, -0.1) is 0 Å². The molecule has 7 nitrogen and oxygen atoms in total. The average molecular weight is 560 g/mol. The van der Waals surface area contributed by atoms with Crippen molar-refractivity contribution in [2.75, 3.05) is 11.4 Å². The van der Waals surface area contributed by atoms with Crippen LogP contribution in [0.1, 0.15) is 36.3 Å². The molecule has 0 radical (unpaired) electrons. The third-order valence-electron chi connectivity index (χ3n) is 8.39. The molecule has 7 heteroatoms. The number of hydrogen-bond donors (Lipinski definition) is 1. The van der Waals surface area contributed by atoms with Gasteiger partial charge in [0.25, 0.3) is 0 Å². The smallest absolute Gasteiger partial charge is 0.329 e. The first-order valence-electron chi connectivity index (χ1n) is 14.4. The molecule has 3 atom stereocenters. The minimum Gasteiger partial charge on any atom is -0.480 e. The highest BCUT2D eigenvalue weighted by Gasteiger charge is 2.52. The van der Waals surface area contributed by atoms with Crippen LogP contribution < -0.4 is 4.90 Å². The highest BCUT2D eigenvalue weighted by molar-refractivity contribution is 6.00. The Bertz CT molecular complexity index is 1450. The summed E-state index contributed by atoms with van der Waals surface area (Å²) < 4.78 is 0. The zero-order chi connectivity index (χ0) is 29.1. The number of amides is 3. The first kappa shape index (κ1) is 27.3. The van der Waals surface area contributed by atoms with Gasteiger partial charge in [-0.05, 0) is 54.7 Å². The van der Waals surface area contributed by atoms with E-state index in [9.17, 15) is 19.5 Å². The summed E-state index contributed by atoms with van der Waals surface area (Å²) in [5, 5.41) is 10.6. The number of rotatable bonds is 6. The predicted octanol–water partition coefficient (Wildman–Crippen LogP) is 6.30. The number of hydrogen-bond acceptors (Lipinski definition) is 3. The summed E-state index contributed by atoms with van der Waals surface area (Å²) in [5.41, 5.74) is 3.01. The number of carboxylic acids is 1. The van der Waals surface area contributed by atoms with Crippen molar-refractivity contribution in [1.82, 2.24) is 9.80 Å². The van der Waals surface area contributed by atoms with E-state index in [4.69, 9.17) is 0 Å². The number of benzene rings is 4. The number of aliphatic carboxylic acids is 1. The molecule has 212 valence electrons. The molecule has 6 rings (SSSR count). The average Bonchev–Trinajstić information content (AvgIpc) is 3.02. The van der Waals surface area contributed by atoms with Gasteiger partial charge in [0, 0.05) is 6.54 Å². The summed E-state index contributed by atoms with van der Waals surface area (Å²) in [6, 6.07) is 35.4. The van der Waals surface area contributed by atoms with Crippen molar-refractivity contribution < 1.29 is 19.5 Å². The summed E-state index contributed by atoms with van der Waals surface area (Å²) in [6.07, 6.45) is 1.99. The molecule has 4 aromatic carbocycles. The van der Waals surface area contributed by atoms with Crippen molar-refractivity contribution in [1.29, 1.82) is 0 Å². The SMILES string of the molecule is O=C(O)[C@@H]1[C@H]2CCC[C@@H](CN1C(=O)C(c1ccccc1)c1ccccc1)N2C(=O)N(c1ccccc1)c1ccccc1. The Balaban J connectivity index is 1.39. The molecule has 2 aliphatic rings. The van der Waals surface area contributed by atoms with Gasteiger partial charge in [0.2, 0.25) is 5.91 Å². The zero-order valence-corrected chi connectivity index (χ0v) is 23.2. The lowest BCUT2D eigenvalue weighted by atomic mass is 9.83. The zero-order valence-electron chi connectivity index (χ0n) is 23.2. The van der Waals surface area contributed by atoms with E-state index in [1.54, 1.807) is 9.80 Å². The number of fused-ring (bicyclic) bond motifs is 2. The standard InChI is InChI=1S/C35H33N3O4/c39-33(31(25-14-5-1-6-15-25)26-16-7-2-8-17-26)36-24-29-22-13-23-30(32(36)34(40)41)38(29)35(42)37(27-18-9-3-10-19-27)28-20-11-4-12-21-28/h1-12,14-21,29-32H,13,22-24H2,(H,40,41)/t29-,30+,32-/m0/s1. The number of piperidine rings is 1. The topological polar surface area (TPSA) is 81.2 Å². The van der Waals surface area contributed by atoms with Crippen molar-refractivity contribution >= 4 is 29.3 Å². The minimum atomic E-state index is -1.17. The number of nitrogens with zero attached hydrogens (tertiary/aromatic N) is 3. The lowest BCUT2D eigenvalue weighted by molar-refractivity contribution is -0.160. The monoisotopic (exact) mass is 559 g/mol. The number of para-hydroxylation sites is 2. The summed E-state index contributed by atoms with van der Waals surface area (Å²) in [5.74, 6) is -2.01. The van der Waals surface area contributed by atoms with Crippen LogP contribution in [0.3, 0.4) is 0 Å². The van der Waals surface area contributed by atoms with Crippen LogP contribution in [0.5, 0.6) is 0 Å². The fraction of sp³-hybridized carbons (Fsp3) is 0.229. The number of carboxylic acid groups (broad SMARTS) is 1. The van der Waals surface area contributed by atoms with Crippen molar-refractivity contribution in [2.24, 2.45) is 0 Å². The van der Waals surface area contributed by atoms with E-state index in [0.29, 0.717) is 24.2 Å². The van der Waals surface area contributed by atoms with Gasteiger partial charge in [-0.2, -0.15) is 0 Å². The van der Waals surface area contributed by atoms with Crippen LogP contribution in [0.4, 0.5) is 16.2 Å². The maximum absolute atomic E-state index is 14.5. The summed E-state index contributed by atoms with van der Waals surface area (Å²) in [6.45, 7) is 0.158. The van der Waals surface area contributed by atoms with E-state index in [-0.39, 0.29) is 24.5 Å². The van der Waals surface area contributed by atoms with Crippen LogP contribution in [0, 0.1) is 0 Å². The van der Waals surface area contributed by atoms with Crippen molar-refractivity contribution in [3.05, 3.63) is 132 Å². The Morgan fingerprint density at radius 3 is 1.64 bits per heavy atom. The van der Waals surface area contributed by atoms with Crippen LogP contribution >= 0.6 is 0 Å². The molecule has 2 fully saturated rings. The van der Waals surface area contributed by atoms with E-state index >= 15 is 0 Å². The third kappa shape index (κ3) is 5.14. The molecule has 1 N–H and O–H groups in total. The van der Waals surface area contributed by atoms with Gasteiger partial charge in [-0.1, -0.05) is 97.1 Å². The number of carbonyl (C=O) groups is 3. The lowest BCUT2D eigenvalue weighted by Crippen LogP contribution is -2.71. The number of urea groups is 1. The quantitative estimate of drug-likeness (QED) is 0.301. The Labute approximate surface area is 245 Å². The maximum atomic E-state index is 14.5. The van der Waals surface area contributed by atoms with Gasteiger partial charge < -0.3 is 14.9 Å². The minimum absolute atomic E-state index is 0.158. The van der Waals surface area contributed by atoms with Crippen LogP contribution in [0.2, 0.25) is 0 Å². The second kappa shape index (κ2) is 11.9. The van der Waals surface area contributed by atoms with E-state index in [2.05, 4.69) is 0 Å². The van der Waals surface area contributed by atoms with Gasteiger partial charge >= 0.3 is 12.0 Å². The van der Waals surface area contributed by atoms with Gasteiger partial charge in [0.15, 0.2) is 0 Å². The van der Waals surface area contributed by atoms with Crippen LogP contribution in [-0.4, -0.2) is 57.5 Å². The largest absolute Gasteiger partial charge is 0.480 e. The number of carbonyl (C=O) groups excluding carboxylic acids is 2. The highest BCUT2D eigenvalue weighted by atomic mass is 16.4.